The Morgan fingerprint density at radius 3 is 2.53 bits per heavy atom. The van der Waals surface area contributed by atoms with Crippen molar-refractivity contribution in [1.29, 1.82) is 0 Å². The summed E-state index contributed by atoms with van der Waals surface area (Å²) in [6, 6.07) is 19.2. The minimum absolute atomic E-state index is 0.152. The first-order chi connectivity index (χ1) is 15.4. The number of carbonyl (C=O) groups excluding carboxylic acids is 1. The number of pyridine rings is 1. The molecular weight excluding hydrogens is 419 g/mol. The number of carbonyl (C=O) groups is 1. The normalized spacial score (nSPS) is 16.1. The van der Waals surface area contributed by atoms with E-state index >= 15 is 0 Å². The van der Waals surface area contributed by atoms with Gasteiger partial charge in [0.2, 0.25) is 5.88 Å². The first-order valence-electron chi connectivity index (χ1n) is 10.3. The molecule has 0 saturated carbocycles. The first kappa shape index (κ1) is 21.7. The van der Waals surface area contributed by atoms with Crippen LogP contribution in [0.3, 0.4) is 0 Å². The van der Waals surface area contributed by atoms with Gasteiger partial charge in [-0.1, -0.05) is 42.5 Å². The lowest BCUT2D eigenvalue weighted by Crippen LogP contribution is -2.29. The van der Waals surface area contributed by atoms with Crippen LogP contribution < -0.4 is 15.0 Å². The molecule has 3 aromatic rings. The smallest absolute Gasteiger partial charge is 0.417 e. The van der Waals surface area contributed by atoms with E-state index in [0.717, 1.165) is 23.5 Å². The standard InChI is InChI=1S/C24H22F3N3O2/c25-24(26,27)18-10-11-22(28-15-18)32-19-12-13-30(16-19)21-9-5-4-8-20(21)23(31)29-14-17-6-2-1-3-7-17/h1-11,15,19H,12-14,16H2,(H,29,31)/t19-/m1/s1. The number of amides is 1. The molecule has 8 heteroatoms. The van der Waals surface area contributed by atoms with Gasteiger partial charge in [-0.05, 0) is 23.8 Å². The van der Waals surface area contributed by atoms with E-state index < -0.39 is 11.7 Å². The summed E-state index contributed by atoms with van der Waals surface area (Å²) in [4.78, 5) is 18.6. The van der Waals surface area contributed by atoms with E-state index in [9.17, 15) is 18.0 Å². The SMILES string of the molecule is O=C(NCc1ccccc1)c1ccccc1N1CC[C@@H](Oc2ccc(C(F)(F)F)cn2)C1. The van der Waals surface area contributed by atoms with Crippen LogP contribution in [0.15, 0.2) is 72.9 Å². The Morgan fingerprint density at radius 1 is 1.06 bits per heavy atom. The zero-order chi connectivity index (χ0) is 22.6. The second-order valence-corrected chi connectivity index (χ2v) is 7.54. The number of rotatable bonds is 6. The summed E-state index contributed by atoms with van der Waals surface area (Å²) >= 11 is 0. The fourth-order valence-corrected chi connectivity index (χ4v) is 3.65. The number of halogens is 3. The quantitative estimate of drug-likeness (QED) is 0.603. The van der Waals surface area contributed by atoms with Crippen LogP contribution in [0.2, 0.25) is 0 Å². The summed E-state index contributed by atoms with van der Waals surface area (Å²) in [5.74, 6) is -0.0167. The number of benzene rings is 2. The van der Waals surface area contributed by atoms with Gasteiger partial charge in [0, 0.05) is 37.5 Å². The van der Waals surface area contributed by atoms with Crippen molar-refractivity contribution in [2.24, 2.45) is 0 Å². The van der Waals surface area contributed by atoms with E-state index in [0.29, 0.717) is 31.6 Å². The molecule has 1 atom stereocenters. The van der Waals surface area contributed by atoms with Crippen LogP contribution in [-0.4, -0.2) is 30.1 Å². The third-order valence-electron chi connectivity index (χ3n) is 5.28. The third-order valence-corrected chi connectivity index (χ3v) is 5.28. The van der Waals surface area contributed by atoms with E-state index in [4.69, 9.17) is 4.74 Å². The highest BCUT2D eigenvalue weighted by Gasteiger charge is 2.31. The fourth-order valence-electron chi connectivity index (χ4n) is 3.65. The monoisotopic (exact) mass is 441 g/mol. The van der Waals surface area contributed by atoms with Gasteiger partial charge in [-0.15, -0.1) is 0 Å². The summed E-state index contributed by atoms with van der Waals surface area (Å²) in [6.45, 7) is 1.60. The van der Waals surface area contributed by atoms with Crippen LogP contribution in [0.5, 0.6) is 5.88 Å². The summed E-state index contributed by atoms with van der Waals surface area (Å²) < 4.78 is 43.9. The molecule has 5 nitrogen and oxygen atoms in total. The Bertz CT molecular complexity index is 1060. The van der Waals surface area contributed by atoms with Crippen LogP contribution in [0.1, 0.15) is 27.9 Å². The average molecular weight is 441 g/mol. The zero-order valence-corrected chi connectivity index (χ0v) is 17.2. The molecule has 1 aromatic heterocycles. The molecule has 1 saturated heterocycles. The van der Waals surface area contributed by atoms with Gasteiger partial charge >= 0.3 is 6.18 Å². The Labute approximate surface area is 183 Å². The number of hydrogen-bond donors (Lipinski definition) is 1. The number of para-hydroxylation sites is 1. The maximum absolute atomic E-state index is 12.8. The average Bonchev–Trinajstić information content (AvgIpc) is 3.26. The van der Waals surface area contributed by atoms with Crippen molar-refractivity contribution in [1.82, 2.24) is 10.3 Å². The summed E-state index contributed by atoms with van der Waals surface area (Å²) in [5.41, 5.74) is 1.56. The van der Waals surface area contributed by atoms with E-state index in [1.54, 1.807) is 6.07 Å². The first-order valence-corrected chi connectivity index (χ1v) is 10.3. The number of anilines is 1. The summed E-state index contributed by atoms with van der Waals surface area (Å²) in [5, 5.41) is 2.95. The molecule has 2 aromatic carbocycles. The topological polar surface area (TPSA) is 54.5 Å². The van der Waals surface area contributed by atoms with Crippen molar-refractivity contribution >= 4 is 11.6 Å². The minimum Gasteiger partial charge on any atom is -0.472 e. The van der Waals surface area contributed by atoms with E-state index in [-0.39, 0.29) is 17.9 Å². The van der Waals surface area contributed by atoms with Crippen molar-refractivity contribution in [3.8, 4) is 5.88 Å². The third kappa shape index (κ3) is 5.19. The van der Waals surface area contributed by atoms with Gasteiger partial charge < -0.3 is 15.0 Å². The minimum atomic E-state index is -4.43. The molecule has 0 aliphatic carbocycles. The molecule has 0 bridgehead atoms. The molecule has 1 fully saturated rings. The predicted molar refractivity (Wildman–Crippen MR) is 115 cm³/mol. The molecule has 1 N–H and O–H groups in total. The molecule has 0 unspecified atom stereocenters. The maximum Gasteiger partial charge on any atom is 0.417 e. The number of nitrogens with zero attached hydrogens (tertiary/aromatic N) is 2. The highest BCUT2D eigenvalue weighted by molar-refractivity contribution is 5.99. The molecule has 0 spiro atoms. The van der Waals surface area contributed by atoms with Gasteiger partial charge in [-0.3, -0.25) is 4.79 Å². The summed E-state index contributed by atoms with van der Waals surface area (Å²) in [6.07, 6.45) is -3.22. The van der Waals surface area contributed by atoms with Crippen molar-refractivity contribution in [3.63, 3.8) is 0 Å². The van der Waals surface area contributed by atoms with Crippen molar-refractivity contribution in [2.45, 2.75) is 25.2 Å². The highest BCUT2D eigenvalue weighted by Crippen LogP contribution is 2.30. The molecule has 32 heavy (non-hydrogen) atoms. The predicted octanol–water partition coefficient (Wildman–Crippen LogP) is 4.69. The van der Waals surface area contributed by atoms with Gasteiger partial charge in [0.25, 0.3) is 5.91 Å². The number of alkyl halides is 3. The molecule has 4 rings (SSSR count). The van der Waals surface area contributed by atoms with Crippen molar-refractivity contribution in [2.75, 3.05) is 18.0 Å². The lowest BCUT2D eigenvalue weighted by Gasteiger charge is -2.22. The Balaban J connectivity index is 1.39. The fraction of sp³-hybridized carbons (Fsp3) is 0.250. The maximum atomic E-state index is 12.8. The lowest BCUT2D eigenvalue weighted by molar-refractivity contribution is -0.137. The van der Waals surface area contributed by atoms with E-state index in [1.807, 2.05) is 53.4 Å². The second kappa shape index (κ2) is 9.30. The van der Waals surface area contributed by atoms with Gasteiger partial charge in [-0.25, -0.2) is 4.98 Å². The van der Waals surface area contributed by atoms with Crippen molar-refractivity contribution in [3.05, 3.63) is 89.6 Å². The number of ether oxygens (including phenoxy) is 1. The molecular formula is C24H22F3N3O2. The van der Waals surface area contributed by atoms with Crippen LogP contribution in [0.25, 0.3) is 0 Å². The van der Waals surface area contributed by atoms with Gasteiger partial charge in [0.15, 0.2) is 0 Å². The van der Waals surface area contributed by atoms with Crippen LogP contribution in [-0.2, 0) is 12.7 Å². The highest BCUT2D eigenvalue weighted by atomic mass is 19.4. The van der Waals surface area contributed by atoms with Crippen LogP contribution in [0, 0.1) is 0 Å². The zero-order valence-electron chi connectivity index (χ0n) is 17.2. The van der Waals surface area contributed by atoms with Gasteiger partial charge in [0.1, 0.15) is 6.10 Å². The van der Waals surface area contributed by atoms with Crippen LogP contribution >= 0.6 is 0 Å². The van der Waals surface area contributed by atoms with Crippen LogP contribution in [0.4, 0.5) is 18.9 Å². The largest absolute Gasteiger partial charge is 0.472 e. The Morgan fingerprint density at radius 2 is 1.81 bits per heavy atom. The molecule has 2 heterocycles. The molecule has 1 aliphatic heterocycles. The number of hydrogen-bond acceptors (Lipinski definition) is 4. The Hall–Kier alpha value is -3.55. The van der Waals surface area contributed by atoms with E-state index in [2.05, 4.69) is 10.3 Å². The molecule has 1 amide bonds. The van der Waals surface area contributed by atoms with Gasteiger partial charge in [-0.2, -0.15) is 13.2 Å². The number of nitrogens with one attached hydrogen (secondary N) is 1. The number of aromatic nitrogens is 1. The van der Waals surface area contributed by atoms with E-state index in [1.165, 1.54) is 6.07 Å². The molecule has 0 radical (unpaired) electrons. The second-order valence-electron chi connectivity index (χ2n) is 7.54. The van der Waals surface area contributed by atoms with Crippen molar-refractivity contribution < 1.29 is 22.7 Å². The summed E-state index contributed by atoms with van der Waals surface area (Å²) in [7, 11) is 0. The molecule has 1 aliphatic rings. The molecule has 166 valence electrons. The Kier molecular flexibility index (Phi) is 6.30. The van der Waals surface area contributed by atoms with Gasteiger partial charge in [0.05, 0.1) is 17.7 Å². The lowest BCUT2D eigenvalue weighted by atomic mass is 10.1.